The fourth-order valence-electron chi connectivity index (χ4n) is 2.34. The lowest BCUT2D eigenvalue weighted by Crippen LogP contribution is -2.21. The third kappa shape index (κ3) is 2.54. The molecule has 0 aliphatic heterocycles. The van der Waals surface area contributed by atoms with E-state index in [1.807, 2.05) is 49.5 Å². The maximum atomic E-state index is 11.4. The number of hydrogen-bond acceptors (Lipinski definition) is 3. The minimum atomic E-state index is -0.845. The molecule has 0 fully saturated rings. The van der Waals surface area contributed by atoms with Gasteiger partial charge in [-0.05, 0) is 58.1 Å². The van der Waals surface area contributed by atoms with E-state index in [1.54, 1.807) is 6.92 Å². The van der Waals surface area contributed by atoms with Crippen molar-refractivity contribution in [3.05, 3.63) is 29.1 Å². The van der Waals surface area contributed by atoms with Crippen LogP contribution in [0.15, 0.2) is 12.1 Å². The van der Waals surface area contributed by atoms with Crippen LogP contribution in [0.4, 0.5) is 0 Å². The fraction of sp³-hybridized carbons (Fsp3) is 0.467. The first kappa shape index (κ1) is 14.5. The summed E-state index contributed by atoms with van der Waals surface area (Å²) in [6.45, 7) is 6.38. The number of carbonyl (C=O) groups is 1. The van der Waals surface area contributed by atoms with Gasteiger partial charge in [0.1, 0.15) is 11.9 Å². The van der Waals surface area contributed by atoms with E-state index in [2.05, 4.69) is 4.98 Å². The van der Waals surface area contributed by atoms with Crippen LogP contribution >= 0.6 is 0 Å². The molecule has 20 heavy (non-hydrogen) atoms. The highest BCUT2D eigenvalue weighted by molar-refractivity contribution is 5.81. The Morgan fingerprint density at radius 2 is 1.95 bits per heavy atom. The number of rotatable bonds is 4. The van der Waals surface area contributed by atoms with Crippen molar-refractivity contribution in [3.8, 4) is 0 Å². The molecule has 0 aliphatic carbocycles. The molecule has 2 rings (SSSR count). The maximum absolute atomic E-state index is 11.4. The number of fused-ring (bicyclic) bond motifs is 1. The van der Waals surface area contributed by atoms with Gasteiger partial charge in [-0.2, -0.15) is 0 Å². The second-order valence-corrected chi connectivity index (χ2v) is 5.58. The molecule has 2 aromatic rings. The average molecular weight is 275 g/mol. The number of imidazole rings is 1. The smallest absolute Gasteiger partial charge is 0.326 e. The number of hydrogen-bond donors (Lipinski definition) is 1. The monoisotopic (exact) mass is 275 g/mol. The highest BCUT2D eigenvalue weighted by Crippen LogP contribution is 2.25. The summed E-state index contributed by atoms with van der Waals surface area (Å²) in [6.07, 6.45) is 0. The van der Waals surface area contributed by atoms with E-state index in [0.717, 1.165) is 22.4 Å². The highest BCUT2D eigenvalue weighted by Gasteiger charge is 2.21. The van der Waals surface area contributed by atoms with Gasteiger partial charge in [0.2, 0.25) is 0 Å². The van der Waals surface area contributed by atoms with Crippen LogP contribution < -0.4 is 0 Å². The Labute approximate surface area is 118 Å². The molecule has 0 aliphatic rings. The molecule has 1 unspecified atom stereocenters. The standard InChI is InChI=1S/C15H21N3O2/c1-9-6-12-13(7-10(9)2)18(11(3)15(19)20)14(16-12)8-17(4)5/h6-7,11H,8H2,1-5H3,(H,19,20). The van der Waals surface area contributed by atoms with Crippen LogP contribution in [-0.4, -0.2) is 39.6 Å². The Kier molecular flexibility index (Phi) is 3.81. The second-order valence-electron chi connectivity index (χ2n) is 5.58. The molecule has 5 heteroatoms. The quantitative estimate of drug-likeness (QED) is 0.930. The van der Waals surface area contributed by atoms with Gasteiger partial charge in [-0.25, -0.2) is 9.78 Å². The summed E-state index contributed by atoms with van der Waals surface area (Å²) >= 11 is 0. The van der Waals surface area contributed by atoms with Crippen molar-refractivity contribution in [1.29, 1.82) is 0 Å². The van der Waals surface area contributed by atoms with Crippen molar-refractivity contribution in [1.82, 2.24) is 14.5 Å². The third-order valence-electron chi connectivity index (χ3n) is 3.58. The Hall–Kier alpha value is -1.88. The predicted octanol–water partition coefficient (Wildman–Crippen LogP) is 2.36. The normalized spacial score (nSPS) is 13.1. The van der Waals surface area contributed by atoms with Gasteiger partial charge in [0, 0.05) is 0 Å². The van der Waals surface area contributed by atoms with Gasteiger partial charge in [-0.3, -0.25) is 0 Å². The summed E-state index contributed by atoms with van der Waals surface area (Å²) in [4.78, 5) is 18.0. The van der Waals surface area contributed by atoms with Gasteiger partial charge in [-0.1, -0.05) is 0 Å². The minimum Gasteiger partial charge on any atom is -0.480 e. The number of benzene rings is 1. The van der Waals surface area contributed by atoms with Crippen LogP contribution in [0.25, 0.3) is 11.0 Å². The molecule has 0 radical (unpaired) electrons. The molecule has 0 bridgehead atoms. The number of nitrogens with zero attached hydrogens (tertiary/aromatic N) is 3. The number of aliphatic carboxylic acids is 1. The zero-order valence-corrected chi connectivity index (χ0v) is 12.6. The average Bonchev–Trinajstić information content (AvgIpc) is 2.65. The Morgan fingerprint density at radius 3 is 2.50 bits per heavy atom. The van der Waals surface area contributed by atoms with Crippen LogP contribution in [0.5, 0.6) is 0 Å². The molecule has 0 saturated heterocycles. The highest BCUT2D eigenvalue weighted by atomic mass is 16.4. The van der Waals surface area contributed by atoms with E-state index in [1.165, 1.54) is 5.56 Å². The molecule has 1 N–H and O–H groups in total. The van der Waals surface area contributed by atoms with E-state index in [-0.39, 0.29) is 0 Å². The van der Waals surface area contributed by atoms with E-state index in [0.29, 0.717) is 6.54 Å². The van der Waals surface area contributed by atoms with Crippen LogP contribution in [0.2, 0.25) is 0 Å². The lowest BCUT2D eigenvalue weighted by atomic mass is 10.1. The first-order chi connectivity index (χ1) is 9.31. The van der Waals surface area contributed by atoms with Gasteiger partial charge in [0.25, 0.3) is 0 Å². The van der Waals surface area contributed by atoms with E-state index < -0.39 is 12.0 Å². The summed E-state index contributed by atoms with van der Waals surface area (Å²) in [5.74, 6) is -0.0626. The molecule has 0 amide bonds. The Balaban J connectivity index is 2.70. The van der Waals surface area contributed by atoms with Gasteiger partial charge in [-0.15, -0.1) is 0 Å². The van der Waals surface area contributed by atoms with Crippen LogP contribution in [0.1, 0.15) is 29.9 Å². The molecule has 0 spiro atoms. The predicted molar refractivity (Wildman–Crippen MR) is 78.9 cm³/mol. The molecule has 1 heterocycles. The Bertz CT molecular complexity index is 659. The summed E-state index contributed by atoms with van der Waals surface area (Å²) in [5, 5.41) is 9.33. The van der Waals surface area contributed by atoms with E-state index in [4.69, 9.17) is 0 Å². The van der Waals surface area contributed by atoms with Crippen LogP contribution in [-0.2, 0) is 11.3 Å². The van der Waals surface area contributed by atoms with Crippen molar-refractivity contribution in [3.63, 3.8) is 0 Å². The number of aromatic nitrogens is 2. The number of carboxylic acid groups (broad SMARTS) is 1. The van der Waals surface area contributed by atoms with Gasteiger partial charge in [0.05, 0.1) is 17.6 Å². The van der Waals surface area contributed by atoms with Crippen molar-refractivity contribution in [2.45, 2.75) is 33.4 Å². The molecule has 1 atom stereocenters. The van der Waals surface area contributed by atoms with Crippen molar-refractivity contribution < 1.29 is 9.90 Å². The first-order valence-electron chi connectivity index (χ1n) is 6.67. The summed E-state index contributed by atoms with van der Waals surface area (Å²) in [5.41, 5.74) is 4.06. The largest absolute Gasteiger partial charge is 0.480 e. The Morgan fingerprint density at radius 1 is 1.35 bits per heavy atom. The van der Waals surface area contributed by atoms with Gasteiger partial charge >= 0.3 is 5.97 Å². The number of carboxylic acids is 1. The van der Waals surface area contributed by atoms with Crippen LogP contribution in [0, 0.1) is 13.8 Å². The van der Waals surface area contributed by atoms with Crippen molar-refractivity contribution in [2.75, 3.05) is 14.1 Å². The first-order valence-corrected chi connectivity index (χ1v) is 6.67. The third-order valence-corrected chi connectivity index (χ3v) is 3.58. The molecule has 1 aromatic heterocycles. The summed E-state index contributed by atoms with van der Waals surface area (Å²) in [6, 6.07) is 3.42. The summed E-state index contributed by atoms with van der Waals surface area (Å²) < 4.78 is 1.82. The fourth-order valence-corrected chi connectivity index (χ4v) is 2.34. The van der Waals surface area contributed by atoms with Gasteiger partial charge in [0.15, 0.2) is 0 Å². The van der Waals surface area contributed by atoms with Crippen molar-refractivity contribution >= 4 is 17.0 Å². The maximum Gasteiger partial charge on any atom is 0.326 e. The minimum absolute atomic E-state index is 0.615. The molecule has 0 saturated carbocycles. The lowest BCUT2D eigenvalue weighted by Gasteiger charge is -2.16. The summed E-state index contributed by atoms with van der Waals surface area (Å²) in [7, 11) is 3.90. The number of aryl methyl sites for hydroxylation is 2. The van der Waals surface area contributed by atoms with E-state index >= 15 is 0 Å². The van der Waals surface area contributed by atoms with Gasteiger partial charge < -0.3 is 14.6 Å². The second kappa shape index (κ2) is 5.25. The molecule has 5 nitrogen and oxygen atoms in total. The topological polar surface area (TPSA) is 58.4 Å². The lowest BCUT2D eigenvalue weighted by molar-refractivity contribution is -0.140. The molecular formula is C15H21N3O2. The van der Waals surface area contributed by atoms with Crippen LogP contribution in [0.3, 0.4) is 0 Å². The molecule has 108 valence electrons. The van der Waals surface area contributed by atoms with E-state index in [9.17, 15) is 9.90 Å². The zero-order chi connectivity index (χ0) is 15.0. The SMILES string of the molecule is Cc1cc2nc(CN(C)C)n(C(C)C(=O)O)c2cc1C. The molecular weight excluding hydrogens is 254 g/mol. The zero-order valence-electron chi connectivity index (χ0n) is 12.6. The molecule has 1 aromatic carbocycles. The van der Waals surface area contributed by atoms with Crippen molar-refractivity contribution in [2.24, 2.45) is 0 Å².